The molecule has 0 radical (unpaired) electrons. The van der Waals surface area contributed by atoms with Crippen molar-refractivity contribution in [2.24, 2.45) is 0 Å². The molecular formula is C12H23NO2. The van der Waals surface area contributed by atoms with E-state index in [1.54, 1.807) is 0 Å². The van der Waals surface area contributed by atoms with Crippen LogP contribution in [0.4, 0.5) is 0 Å². The van der Waals surface area contributed by atoms with Crippen LogP contribution in [0.5, 0.6) is 0 Å². The summed E-state index contributed by atoms with van der Waals surface area (Å²) in [6, 6.07) is 0.649. The Labute approximate surface area is 92.4 Å². The molecule has 2 aliphatic rings. The summed E-state index contributed by atoms with van der Waals surface area (Å²) in [6.45, 7) is 3.80. The van der Waals surface area contributed by atoms with Gasteiger partial charge in [-0.1, -0.05) is 6.92 Å². The van der Waals surface area contributed by atoms with Crippen LogP contribution < -0.4 is 0 Å². The third kappa shape index (κ3) is 2.35. The summed E-state index contributed by atoms with van der Waals surface area (Å²) in [7, 11) is 1.81. The number of hydrogen-bond acceptors (Lipinski definition) is 3. The molecule has 1 aliphatic heterocycles. The van der Waals surface area contributed by atoms with Crippen LogP contribution >= 0.6 is 0 Å². The quantitative estimate of drug-likeness (QED) is 0.769. The van der Waals surface area contributed by atoms with Crippen LogP contribution in [0, 0.1) is 0 Å². The Kier molecular flexibility index (Phi) is 3.33. The van der Waals surface area contributed by atoms with Crippen LogP contribution in [0.3, 0.4) is 0 Å². The number of methoxy groups -OCH3 is 1. The van der Waals surface area contributed by atoms with Gasteiger partial charge in [-0.05, 0) is 32.1 Å². The fraction of sp³-hybridized carbons (Fsp3) is 1.00. The summed E-state index contributed by atoms with van der Waals surface area (Å²) >= 11 is 0. The zero-order valence-electron chi connectivity index (χ0n) is 9.91. The first kappa shape index (κ1) is 11.4. The van der Waals surface area contributed by atoms with E-state index in [9.17, 15) is 5.11 Å². The van der Waals surface area contributed by atoms with E-state index < -0.39 is 0 Å². The first-order valence-electron chi connectivity index (χ1n) is 6.16. The summed E-state index contributed by atoms with van der Waals surface area (Å²) in [5, 5.41) is 9.97. The van der Waals surface area contributed by atoms with Crippen molar-refractivity contribution in [1.82, 2.24) is 4.90 Å². The maximum absolute atomic E-state index is 9.97. The Morgan fingerprint density at radius 1 is 1.40 bits per heavy atom. The molecule has 1 heterocycles. The summed E-state index contributed by atoms with van der Waals surface area (Å²) in [5.41, 5.74) is -0.389. The fourth-order valence-corrected chi connectivity index (χ4v) is 2.86. The van der Waals surface area contributed by atoms with E-state index in [0.717, 1.165) is 25.9 Å². The number of rotatable bonds is 3. The monoisotopic (exact) mass is 213 g/mol. The number of hydrogen-bond donors (Lipinski definition) is 1. The highest BCUT2D eigenvalue weighted by Crippen LogP contribution is 2.32. The Hall–Kier alpha value is -0.120. The molecule has 2 unspecified atom stereocenters. The number of aliphatic hydroxyl groups is 1. The molecule has 0 spiro atoms. The number of β-amino-alcohol motifs (C(OH)–C–C–N with tert-alkyl or cyclic N) is 1. The van der Waals surface area contributed by atoms with E-state index in [0.29, 0.717) is 12.1 Å². The molecule has 1 saturated heterocycles. The second kappa shape index (κ2) is 4.40. The van der Waals surface area contributed by atoms with Crippen LogP contribution in [0.1, 0.15) is 39.0 Å². The summed E-state index contributed by atoms with van der Waals surface area (Å²) in [6.07, 6.45) is 6.22. The van der Waals surface area contributed by atoms with E-state index in [1.807, 2.05) is 7.11 Å². The first-order valence-corrected chi connectivity index (χ1v) is 6.16. The van der Waals surface area contributed by atoms with Gasteiger partial charge in [0.2, 0.25) is 0 Å². The molecule has 1 N–H and O–H groups in total. The molecule has 1 aliphatic carbocycles. The van der Waals surface area contributed by atoms with Gasteiger partial charge in [0.05, 0.1) is 11.7 Å². The second-order valence-corrected chi connectivity index (χ2v) is 5.16. The molecule has 88 valence electrons. The molecule has 3 nitrogen and oxygen atoms in total. The van der Waals surface area contributed by atoms with Crippen molar-refractivity contribution in [3.05, 3.63) is 0 Å². The van der Waals surface area contributed by atoms with Crippen molar-refractivity contribution in [3.8, 4) is 0 Å². The lowest BCUT2D eigenvalue weighted by atomic mass is 9.84. The van der Waals surface area contributed by atoms with Crippen LogP contribution in [0.15, 0.2) is 0 Å². The van der Waals surface area contributed by atoms with Gasteiger partial charge in [0, 0.05) is 26.2 Å². The molecule has 3 heteroatoms. The highest BCUT2D eigenvalue weighted by atomic mass is 16.5. The summed E-state index contributed by atoms with van der Waals surface area (Å²) < 4.78 is 5.43. The Morgan fingerprint density at radius 2 is 2.13 bits per heavy atom. The van der Waals surface area contributed by atoms with Gasteiger partial charge < -0.3 is 9.84 Å². The summed E-state index contributed by atoms with van der Waals surface area (Å²) in [5.74, 6) is 0. The minimum absolute atomic E-state index is 0.389. The first-order chi connectivity index (χ1) is 7.17. The molecule has 0 aromatic rings. The van der Waals surface area contributed by atoms with Crippen molar-refractivity contribution in [3.63, 3.8) is 0 Å². The van der Waals surface area contributed by atoms with Gasteiger partial charge in [0.1, 0.15) is 0 Å². The lowest BCUT2D eigenvalue weighted by Gasteiger charge is -2.51. The SMILES string of the molecule is CCC1(O)CN(C2CCCC(OC)C2)C1. The molecule has 0 bridgehead atoms. The van der Waals surface area contributed by atoms with E-state index in [2.05, 4.69) is 11.8 Å². The minimum atomic E-state index is -0.389. The molecule has 1 saturated carbocycles. The molecule has 15 heavy (non-hydrogen) atoms. The van der Waals surface area contributed by atoms with Gasteiger partial charge in [-0.15, -0.1) is 0 Å². The maximum atomic E-state index is 9.97. The highest BCUT2D eigenvalue weighted by molar-refractivity contribution is 4.98. The second-order valence-electron chi connectivity index (χ2n) is 5.16. The lowest BCUT2D eigenvalue weighted by molar-refractivity contribution is -0.128. The molecular weight excluding hydrogens is 190 g/mol. The van der Waals surface area contributed by atoms with Crippen molar-refractivity contribution >= 4 is 0 Å². The topological polar surface area (TPSA) is 32.7 Å². The predicted molar refractivity (Wildman–Crippen MR) is 59.9 cm³/mol. The third-order valence-electron chi connectivity index (χ3n) is 4.10. The summed E-state index contributed by atoms with van der Waals surface area (Å²) in [4.78, 5) is 2.43. The molecule has 0 amide bonds. The van der Waals surface area contributed by atoms with Gasteiger partial charge in [-0.3, -0.25) is 4.90 Å². The lowest BCUT2D eigenvalue weighted by Crippen LogP contribution is -2.65. The van der Waals surface area contributed by atoms with E-state index in [1.165, 1.54) is 19.3 Å². The van der Waals surface area contributed by atoms with Crippen molar-refractivity contribution in [2.75, 3.05) is 20.2 Å². The van der Waals surface area contributed by atoms with Crippen molar-refractivity contribution in [2.45, 2.75) is 56.8 Å². The molecule has 2 atom stereocenters. The predicted octanol–water partition coefficient (Wildman–Crippen LogP) is 1.40. The number of nitrogens with zero attached hydrogens (tertiary/aromatic N) is 1. The van der Waals surface area contributed by atoms with E-state index >= 15 is 0 Å². The molecule has 2 fully saturated rings. The number of ether oxygens (including phenoxy) is 1. The van der Waals surface area contributed by atoms with Crippen LogP contribution in [0.25, 0.3) is 0 Å². The number of likely N-dealkylation sites (tertiary alicyclic amines) is 1. The average Bonchev–Trinajstić information content (AvgIpc) is 2.25. The van der Waals surface area contributed by atoms with Gasteiger partial charge in [-0.2, -0.15) is 0 Å². The van der Waals surface area contributed by atoms with Crippen molar-refractivity contribution < 1.29 is 9.84 Å². The van der Waals surface area contributed by atoms with Crippen LogP contribution in [0.2, 0.25) is 0 Å². The van der Waals surface area contributed by atoms with Crippen LogP contribution in [-0.4, -0.2) is 48.0 Å². The van der Waals surface area contributed by atoms with Gasteiger partial charge in [-0.25, -0.2) is 0 Å². The Bertz CT molecular complexity index is 214. The van der Waals surface area contributed by atoms with Gasteiger partial charge in [0.15, 0.2) is 0 Å². The van der Waals surface area contributed by atoms with Gasteiger partial charge >= 0.3 is 0 Å². The normalized spacial score (nSPS) is 36.2. The molecule has 2 rings (SSSR count). The van der Waals surface area contributed by atoms with Crippen molar-refractivity contribution in [1.29, 1.82) is 0 Å². The molecule has 0 aromatic carbocycles. The minimum Gasteiger partial charge on any atom is -0.387 e. The zero-order chi connectivity index (χ0) is 10.9. The smallest absolute Gasteiger partial charge is 0.0897 e. The molecule has 0 aromatic heterocycles. The van der Waals surface area contributed by atoms with Crippen LogP contribution in [-0.2, 0) is 4.74 Å². The standard InChI is InChI=1S/C12H23NO2/c1-3-12(14)8-13(9-12)10-5-4-6-11(7-10)15-2/h10-11,14H,3-9H2,1-2H3. The largest absolute Gasteiger partial charge is 0.387 e. The average molecular weight is 213 g/mol. The zero-order valence-corrected chi connectivity index (χ0v) is 9.91. The van der Waals surface area contributed by atoms with E-state index in [-0.39, 0.29) is 5.60 Å². The third-order valence-corrected chi connectivity index (χ3v) is 4.10. The van der Waals surface area contributed by atoms with E-state index in [4.69, 9.17) is 4.74 Å². The highest BCUT2D eigenvalue weighted by Gasteiger charge is 2.43. The fourth-order valence-electron chi connectivity index (χ4n) is 2.86. The van der Waals surface area contributed by atoms with Gasteiger partial charge in [0.25, 0.3) is 0 Å². The Morgan fingerprint density at radius 3 is 2.73 bits per heavy atom. The Balaban J connectivity index is 1.81. The maximum Gasteiger partial charge on any atom is 0.0897 e.